The van der Waals surface area contributed by atoms with E-state index >= 15 is 0 Å². The van der Waals surface area contributed by atoms with Gasteiger partial charge in [0, 0.05) is 23.3 Å². The summed E-state index contributed by atoms with van der Waals surface area (Å²) in [5.74, 6) is -0.478. The van der Waals surface area contributed by atoms with Crippen LogP contribution >= 0.6 is 0 Å². The van der Waals surface area contributed by atoms with Crippen molar-refractivity contribution in [3.63, 3.8) is 0 Å². The number of para-hydroxylation sites is 1. The van der Waals surface area contributed by atoms with Crippen molar-refractivity contribution in [1.82, 2.24) is 0 Å². The molecule has 43 heavy (non-hydrogen) atoms. The van der Waals surface area contributed by atoms with E-state index in [1.807, 2.05) is 54.6 Å². The van der Waals surface area contributed by atoms with Crippen molar-refractivity contribution >= 4 is 54.8 Å². The molecule has 0 N–H and O–H groups in total. The lowest BCUT2D eigenvalue weighted by Crippen LogP contribution is -2.20. The zero-order valence-corrected chi connectivity index (χ0v) is 23.8. The molecule has 0 atom stereocenters. The normalized spacial score (nSPS) is 12.3. The number of rotatable bonds is 8. The highest BCUT2D eigenvalue weighted by Gasteiger charge is 2.19. The van der Waals surface area contributed by atoms with E-state index in [1.165, 1.54) is 38.4 Å². The fourth-order valence-electron chi connectivity index (χ4n) is 6.12. The molecule has 0 aromatic heterocycles. The van der Waals surface area contributed by atoms with Gasteiger partial charge >= 0.3 is 0 Å². The predicted molar refractivity (Wildman–Crippen MR) is 183 cm³/mol. The van der Waals surface area contributed by atoms with E-state index in [2.05, 4.69) is 109 Å². The summed E-state index contributed by atoms with van der Waals surface area (Å²) >= 11 is 0. The molecule has 0 radical (unpaired) electrons. The van der Waals surface area contributed by atoms with Crippen molar-refractivity contribution in [3.8, 4) is 0 Å². The Morgan fingerprint density at radius 1 is 0.558 bits per heavy atom. The minimum absolute atomic E-state index is 0.478. The summed E-state index contributed by atoms with van der Waals surface area (Å²) < 4.78 is 14.3. The first kappa shape index (κ1) is 26.4. The maximum Gasteiger partial charge on any atom is 0.116 e. The van der Waals surface area contributed by atoms with Gasteiger partial charge in [0.1, 0.15) is 5.83 Å². The molecule has 7 rings (SSSR count). The van der Waals surface area contributed by atoms with E-state index < -0.39 is 5.83 Å². The highest BCUT2D eigenvalue weighted by atomic mass is 19.1. The molecular weight excluding hydrogens is 525 g/mol. The summed E-state index contributed by atoms with van der Waals surface area (Å²) in [7, 11) is 0. The Bertz CT molecular complexity index is 2090. The van der Waals surface area contributed by atoms with Crippen molar-refractivity contribution in [1.29, 1.82) is 0 Å². The van der Waals surface area contributed by atoms with Crippen LogP contribution in [-0.4, -0.2) is 6.54 Å². The molecule has 7 aromatic carbocycles. The Morgan fingerprint density at radius 2 is 1.12 bits per heavy atom. The summed E-state index contributed by atoms with van der Waals surface area (Å²) in [6.07, 6.45) is 3.61. The summed E-state index contributed by atoms with van der Waals surface area (Å²) in [6, 6.07) is 50.7. The van der Waals surface area contributed by atoms with Gasteiger partial charge in [-0.2, -0.15) is 0 Å². The van der Waals surface area contributed by atoms with Gasteiger partial charge in [-0.3, -0.25) is 0 Å². The largest absolute Gasteiger partial charge is 0.336 e. The molecule has 0 bridgehead atoms. The highest BCUT2D eigenvalue weighted by molar-refractivity contribution is 6.25. The topological polar surface area (TPSA) is 3.24 Å². The molecule has 0 fully saturated rings. The second-order valence-electron chi connectivity index (χ2n) is 10.8. The highest BCUT2D eigenvalue weighted by Crippen LogP contribution is 2.41. The van der Waals surface area contributed by atoms with E-state index in [4.69, 9.17) is 0 Å². The first-order valence-corrected chi connectivity index (χ1v) is 14.5. The van der Waals surface area contributed by atoms with Crippen LogP contribution in [0.4, 0.5) is 15.8 Å². The fraction of sp³-hybridized carbons (Fsp3) is 0.0244. The molecule has 0 saturated carbocycles. The van der Waals surface area contributed by atoms with Gasteiger partial charge in [0.15, 0.2) is 0 Å². The molecule has 0 saturated heterocycles. The summed E-state index contributed by atoms with van der Waals surface area (Å²) in [5, 5.41) is 7.49. The number of halogens is 1. The minimum atomic E-state index is -0.478. The third-order valence-electron chi connectivity index (χ3n) is 8.09. The molecule has 0 amide bonds. The molecule has 1 nitrogen and oxygen atoms in total. The van der Waals surface area contributed by atoms with Crippen LogP contribution < -0.4 is 4.90 Å². The van der Waals surface area contributed by atoms with Crippen LogP contribution in [-0.2, 0) is 0 Å². The minimum Gasteiger partial charge on any atom is -0.336 e. The van der Waals surface area contributed by atoms with E-state index in [1.54, 1.807) is 0 Å². The molecule has 0 aliphatic rings. The molecule has 7 aromatic rings. The fourth-order valence-corrected chi connectivity index (χ4v) is 6.12. The van der Waals surface area contributed by atoms with Gasteiger partial charge in [-0.25, -0.2) is 4.39 Å². The van der Waals surface area contributed by atoms with E-state index in [0.717, 1.165) is 33.6 Å². The Balaban J connectivity index is 1.45. The van der Waals surface area contributed by atoms with Crippen LogP contribution in [0.1, 0.15) is 11.1 Å². The van der Waals surface area contributed by atoms with Crippen molar-refractivity contribution in [3.05, 3.63) is 181 Å². The first-order valence-electron chi connectivity index (χ1n) is 14.5. The third-order valence-corrected chi connectivity index (χ3v) is 8.09. The average molecular weight is 556 g/mol. The van der Waals surface area contributed by atoms with Gasteiger partial charge in [-0.05, 0) is 79.6 Å². The van der Waals surface area contributed by atoms with Gasteiger partial charge in [-0.1, -0.05) is 134 Å². The van der Waals surface area contributed by atoms with Crippen LogP contribution in [0.5, 0.6) is 0 Å². The monoisotopic (exact) mass is 555 g/mol. The lowest BCUT2D eigenvalue weighted by molar-refractivity contribution is 0.672. The van der Waals surface area contributed by atoms with Gasteiger partial charge in [0.25, 0.3) is 0 Å². The van der Waals surface area contributed by atoms with E-state index in [-0.39, 0.29) is 0 Å². The van der Waals surface area contributed by atoms with E-state index in [0.29, 0.717) is 6.54 Å². The predicted octanol–water partition coefficient (Wildman–Crippen LogP) is 11.4. The molecule has 2 heteroatoms. The molecule has 0 aliphatic heterocycles. The van der Waals surface area contributed by atoms with Crippen molar-refractivity contribution in [2.24, 2.45) is 0 Å². The lowest BCUT2D eigenvalue weighted by Gasteiger charge is -2.29. The Kier molecular flexibility index (Phi) is 7.02. The summed E-state index contributed by atoms with van der Waals surface area (Å²) in [4.78, 5) is 2.37. The van der Waals surface area contributed by atoms with Crippen LogP contribution in [0, 0.1) is 0 Å². The van der Waals surface area contributed by atoms with Crippen molar-refractivity contribution in [2.45, 2.75) is 0 Å². The number of allylic oxidation sites excluding steroid dienone is 4. The molecule has 206 valence electrons. The number of hydrogen-bond donors (Lipinski definition) is 0. The SMILES string of the molecule is C=C(F)/C=C(\C=C(/CN(c1ccccc1)c1ccc2ccc3cccc4ccc1c2c34)c1ccccc1)c1ccccc1. The van der Waals surface area contributed by atoms with Gasteiger partial charge in [-0.15, -0.1) is 0 Å². The molecular formula is C41H30FN. The quantitative estimate of drug-likeness (QED) is 0.133. The van der Waals surface area contributed by atoms with Gasteiger partial charge in [0.2, 0.25) is 0 Å². The Hall–Kier alpha value is -5.47. The molecule has 0 unspecified atom stereocenters. The lowest BCUT2D eigenvalue weighted by atomic mass is 9.92. The van der Waals surface area contributed by atoms with Gasteiger partial charge in [0.05, 0.1) is 0 Å². The standard InChI is InChI=1S/C41H30FN/c1-29(42)26-35(30-12-5-2-6-13-30)27-36(31-14-7-3-8-15-31)28-43(37-18-9-4-10-19-37)39-25-23-34-21-20-32-16-11-17-33-22-24-38(39)41(34)40(32)33/h2-27H,1,28H2/b35-26+,36-27+. The molecule has 0 spiro atoms. The third kappa shape index (κ3) is 5.20. The molecule has 0 aliphatic carbocycles. The Morgan fingerprint density at radius 3 is 1.77 bits per heavy atom. The van der Waals surface area contributed by atoms with Crippen LogP contribution in [0.25, 0.3) is 43.5 Å². The maximum atomic E-state index is 14.3. The zero-order chi connectivity index (χ0) is 29.2. The van der Waals surface area contributed by atoms with Gasteiger partial charge < -0.3 is 4.90 Å². The Labute approximate surface area is 251 Å². The maximum absolute atomic E-state index is 14.3. The number of hydrogen-bond acceptors (Lipinski definition) is 1. The second kappa shape index (κ2) is 11.4. The second-order valence-corrected chi connectivity index (χ2v) is 10.8. The zero-order valence-electron chi connectivity index (χ0n) is 23.8. The van der Waals surface area contributed by atoms with Crippen LogP contribution in [0.2, 0.25) is 0 Å². The first-order chi connectivity index (χ1) is 21.2. The number of nitrogens with zero attached hydrogens (tertiary/aromatic N) is 1. The number of benzene rings is 7. The summed E-state index contributed by atoms with van der Waals surface area (Å²) in [6.45, 7) is 4.12. The average Bonchev–Trinajstić information content (AvgIpc) is 3.06. The van der Waals surface area contributed by atoms with Crippen molar-refractivity contribution < 1.29 is 4.39 Å². The smallest absolute Gasteiger partial charge is 0.116 e. The van der Waals surface area contributed by atoms with Crippen molar-refractivity contribution in [2.75, 3.05) is 11.4 Å². The van der Waals surface area contributed by atoms with Crippen LogP contribution in [0.3, 0.4) is 0 Å². The summed E-state index contributed by atoms with van der Waals surface area (Å²) in [5.41, 5.74) is 6.05. The van der Waals surface area contributed by atoms with E-state index in [9.17, 15) is 4.39 Å². The number of anilines is 2. The van der Waals surface area contributed by atoms with Crippen LogP contribution in [0.15, 0.2) is 170 Å². The molecule has 0 heterocycles.